The van der Waals surface area contributed by atoms with Gasteiger partial charge in [0.15, 0.2) is 0 Å². The third-order valence-corrected chi connectivity index (χ3v) is 6.13. The van der Waals surface area contributed by atoms with Gasteiger partial charge >= 0.3 is 0 Å². The molecule has 0 saturated carbocycles. The van der Waals surface area contributed by atoms with E-state index in [0.717, 1.165) is 36.6 Å². The number of rotatable bonds is 6. The molecule has 150 valence electrons. The third kappa shape index (κ3) is 4.37. The van der Waals surface area contributed by atoms with Crippen LogP contribution in [0, 0.1) is 24.2 Å². The van der Waals surface area contributed by atoms with Crippen molar-refractivity contribution in [1.82, 2.24) is 20.3 Å². The molecular formula is C22H26N6O. The van der Waals surface area contributed by atoms with Crippen molar-refractivity contribution >= 4 is 11.7 Å². The van der Waals surface area contributed by atoms with E-state index in [1.54, 1.807) is 6.20 Å². The number of nitriles is 1. The van der Waals surface area contributed by atoms with E-state index in [1.165, 1.54) is 19.2 Å². The van der Waals surface area contributed by atoms with E-state index in [2.05, 4.69) is 31.2 Å². The van der Waals surface area contributed by atoms with Crippen LogP contribution in [-0.2, 0) is 11.2 Å². The maximum atomic E-state index is 12.2. The summed E-state index contributed by atoms with van der Waals surface area (Å²) in [6.45, 7) is 2.64. The average Bonchev–Trinajstić information content (AvgIpc) is 3.01. The Morgan fingerprint density at radius 3 is 2.72 bits per heavy atom. The van der Waals surface area contributed by atoms with Gasteiger partial charge in [0, 0.05) is 36.9 Å². The van der Waals surface area contributed by atoms with Gasteiger partial charge in [-0.3, -0.25) is 4.79 Å². The lowest BCUT2D eigenvalue weighted by atomic mass is 9.90. The topological polar surface area (TPSA) is 94.8 Å². The summed E-state index contributed by atoms with van der Waals surface area (Å²) in [5.74, 6) is 1.58. The van der Waals surface area contributed by atoms with E-state index in [9.17, 15) is 4.79 Å². The number of piperidine rings is 1. The first kappa shape index (κ1) is 19.3. The molecule has 2 aliphatic rings. The number of hydrogen-bond acceptors (Lipinski definition) is 6. The Bertz CT molecular complexity index is 895. The Kier molecular flexibility index (Phi) is 5.70. The Balaban J connectivity index is 1.29. The molecule has 1 amide bonds. The lowest BCUT2D eigenvalue weighted by molar-refractivity contribution is -0.121. The second kappa shape index (κ2) is 8.56. The van der Waals surface area contributed by atoms with Crippen molar-refractivity contribution in [3.05, 3.63) is 47.7 Å². The number of nitrogens with one attached hydrogen (secondary N) is 1. The molecule has 0 aliphatic carbocycles. The maximum Gasteiger partial charge on any atom is 0.220 e. The van der Waals surface area contributed by atoms with E-state index in [0.29, 0.717) is 36.4 Å². The molecule has 0 radical (unpaired) electrons. The molecule has 1 N–H and O–H groups in total. The second-order valence-electron chi connectivity index (χ2n) is 8.05. The molecule has 1 unspecified atom stereocenters. The number of fused-ring (bicyclic) bond motifs is 2. The summed E-state index contributed by atoms with van der Waals surface area (Å²) < 4.78 is 0. The summed E-state index contributed by atoms with van der Waals surface area (Å²) in [4.78, 5) is 27.4. The van der Waals surface area contributed by atoms with Crippen molar-refractivity contribution in [3.63, 3.8) is 0 Å². The summed E-state index contributed by atoms with van der Waals surface area (Å²) in [5, 5.41) is 12.3. The van der Waals surface area contributed by atoms with Gasteiger partial charge in [-0.2, -0.15) is 5.26 Å². The monoisotopic (exact) mass is 390 g/mol. The van der Waals surface area contributed by atoms with Crippen LogP contribution in [0.4, 0.5) is 5.82 Å². The number of carbonyl (C=O) groups is 1. The Labute approximate surface area is 171 Å². The number of carbonyl (C=O) groups excluding carboxylic acids is 1. The van der Waals surface area contributed by atoms with Crippen LogP contribution < -0.4 is 10.2 Å². The smallest absolute Gasteiger partial charge is 0.220 e. The minimum Gasteiger partial charge on any atom is -0.356 e. The van der Waals surface area contributed by atoms with Crippen LogP contribution in [0.5, 0.6) is 0 Å². The van der Waals surface area contributed by atoms with Crippen LogP contribution in [0.1, 0.15) is 49.1 Å². The highest BCUT2D eigenvalue weighted by Gasteiger charge is 2.41. The predicted molar refractivity (Wildman–Crippen MR) is 109 cm³/mol. The lowest BCUT2D eigenvalue weighted by Gasteiger charge is -2.40. The fourth-order valence-electron chi connectivity index (χ4n) is 4.69. The molecule has 2 aliphatic heterocycles. The molecule has 4 rings (SSSR count). The van der Waals surface area contributed by atoms with E-state index in [1.807, 2.05) is 25.1 Å². The fourth-order valence-corrected chi connectivity index (χ4v) is 4.69. The first-order valence-electron chi connectivity index (χ1n) is 10.3. The highest BCUT2D eigenvalue weighted by molar-refractivity contribution is 5.76. The van der Waals surface area contributed by atoms with E-state index >= 15 is 0 Å². The zero-order chi connectivity index (χ0) is 20.2. The molecule has 2 bridgehead atoms. The zero-order valence-electron chi connectivity index (χ0n) is 16.7. The van der Waals surface area contributed by atoms with Crippen LogP contribution in [-0.4, -0.2) is 39.5 Å². The standard InChI is InChI=1S/C22H26N6O/c1-15-17(12-23)2-6-21(27-15)28-19-4-5-20(28)11-16(10-19)13-25-22(29)7-3-18-8-9-24-14-26-18/h2,6,8-9,14,16,19-20H,3-5,7,10-11,13H2,1H3,(H,25,29)/t16?,19-,20+. The average molecular weight is 390 g/mol. The fraction of sp³-hybridized carbons (Fsp3) is 0.500. The largest absolute Gasteiger partial charge is 0.356 e. The van der Waals surface area contributed by atoms with Crippen LogP contribution in [0.25, 0.3) is 0 Å². The maximum absolute atomic E-state index is 12.2. The second-order valence-corrected chi connectivity index (χ2v) is 8.05. The number of nitrogens with zero attached hydrogens (tertiary/aromatic N) is 5. The zero-order valence-corrected chi connectivity index (χ0v) is 16.7. The Hall–Kier alpha value is -3.01. The Morgan fingerprint density at radius 2 is 2.07 bits per heavy atom. The third-order valence-electron chi connectivity index (χ3n) is 6.13. The molecule has 2 aromatic heterocycles. The molecule has 7 heteroatoms. The van der Waals surface area contributed by atoms with Gasteiger partial charge < -0.3 is 10.2 Å². The number of hydrogen-bond donors (Lipinski definition) is 1. The molecule has 3 atom stereocenters. The van der Waals surface area contributed by atoms with Gasteiger partial charge in [-0.05, 0) is 63.1 Å². The van der Waals surface area contributed by atoms with Crippen LogP contribution in [0.3, 0.4) is 0 Å². The molecule has 2 fully saturated rings. The van der Waals surface area contributed by atoms with Crippen molar-refractivity contribution in [3.8, 4) is 6.07 Å². The lowest BCUT2D eigenvalue weighted by Crippen LogP contribution is -2.46. The number of amides is 1. The summed E-state index contributed by atoms with van der Waals surface area (Å²) in [7, 11) is 0. The first-order chi connectivity index (χ1) is 14.1. The van der Waals surface area contributed by atoms with E-state index < -0.39 is 0 Å². The highest BCUT2D eigenvalue weighted by atomic mass is 16.1. The van der Waals surface area contributed by atoms with Crippen molar-refractivity contribution < 1.29 is 4.79 Å². The molecular weight excluding hydrogens is 364 g/mol. The predicted octanol–water partition coefficient (Wildman–Crippen LogP) is 2.55. The van der Waals surface area contributed by atoms with Gasteiger partial charge in [0.25, 0.3) is 0 Å². The molecule has 29 heavy (non-hydrogen) atoms. The van der Waals surface area contributed by atoms with Crippen LogP contribution >= 0.6 is 0 Å². The van der Waals surface area contributed by atoms with E-state index in [-0.39, 0.29) is 5.91 Å². The summed E-state index contributed by atoms with van der Waals surface area (Å²) in [5.41, 5.74) is 2.33. The summed E-state index contributed by atoms with van der Waals surface area (Å²) >= 11 is 0. The summed E-state index contributed by atoms with van der Waals surface area (Å²) in [6, 6.07) is 8.83. The van der Waals surface area contributed by atoms with Gasteiger partial charge in [0.05, 0.1) is 11.3 Å². The van der Waals surface area contributed by atoms with Crippen molar-refractivity contribution in [1.29, 1.82) is 5.26 Å². The van der Waals surface area contributed by atoms with Gasteiger partial charge in [-0.25, -0.2) is 15.0 Å². The molecule has 0 spiro atoms. The SMILES string of the molecule is Cc1nc(N2[C@@H]3CC[C@H]2CC(CNC(=O)CCc2ccncn2)C3)ccc1C#N. The van der Waals surface area contributed by atoms with Gasteiger partial charge in [-0.15, -0.1) is 0 Å². The van der Waals surface area contributed by atoms with Crippen molar-refractivity contribution in [2.24, 2.45) is 5.92 Å². The molecule has 2 saturated heterocycles. The minimum atomic E-state index is 0.0859. The quantitative estimate of drug-likeness (QED) is 0.814. The van der Waals surface area contributed by atoms with E-state index in [4.69, 9.17) is 5.26 Å². The van der Waals surface area contributed by atoms with Gasteiger partial charge in [-0.1, -0.05) is 0 Å². The van der Waals surface area contributed by atoms with Crippen LogP contribution in [0.2, 0.25) is 0 Å². The van der Waals surface area contributed by atoms with Gasteiger partial charge in [0.2, 0.25) is 5.91 Å². The number of aryl methyl sites for hydroxylation is 2. The first-order valence-corrected chi connectivity index (χ1v) is 10.3. The minimum absolute atomic E-state index is 0.0859. The number of anilines is 1. The number of aromatic nitrogens is 3. The Morgan fingerprint density at radius 1 is 1.28 bits per heavy atom. The normalized spacial score (nSPS) is 22.9. The van der Waals surface area contributed by atoms with Crippen molar-refractivity contribution in [2.45, 2.75) is 57.5 Å². The molecule has 7 nitrogen and oxygen atoms in total. The summed E-state index contributed by atoms with van der Waals surface area (Å²) in [6.07, 6.45) is 8.80. The molecule has 0 aromatic carbocycles. The highest BCUT2D eigenvalue weighted by Crippen LogP contribution is 2.41. The molecule has 4 heterocycles. The van der Waals surface area contributed by atoms with Crippen LogP contribution in [0.15, 0.2) is 30.7 Å². The van der Waals surface area contributed by atoms with Gasteiger partial charge in [0.1, 0.15) is 18.2 Å². The number of pyridine rings is 1. The van der Waals surface area contributed by atoms with Crippen molar-refractivity contribution in [2.75, 3.05) is 11.4 Å². The molecule has 2 aromatic rings.